The third-order valence-electron chi connectivity index (χ3n) is 0. The molecule has 0 fully saturated rings. The van der Waals surface area contributed by atoms with E-state index in [9.17, 15) is 0 Å². The van der Waals surface area contributed by atoms with E-state index in [0.717, 1.165) is 0 Å². The first kappa shape index (κ1) is 34.3. The molecular formula is H7AlMgSiTi. The average Bonchev–Trinajstić information content (AvgIpc) is 0. The maximum Gasteiger partial charge on any atom is 2.00 e. The zero-order chi connectivity index (χ0) is 0. The van der Waals surface area contributed by atoms with E-state index in [2.05, 4.69) is 0 Å². The van der Waals surface area contributed by atoms with Gasteiger partial charge >= 0.3 is 23.1 Å². The summed E-state index contributed by atoms with van der Waals surface area (Å²) in [6.45, 7) is 0. The van der Waals surface area contributed by atoms with Gasteiger partial charge in [0.1, 0.15) is 17.4 Å². The molecule has 0 unspecified atom stereocenters. The normalized spacial score (nSPS) is 0. The van der Waals surface area contributed by atoms with Gasteiger partial charge in [0, 0.05) is 21.7 Å². The van der Waals surface area contributed by atoms with E-state index >= 15 is 0 Å². The van der Waals surface area contributed by atoms with Gasteiger partial charge in [0.25, 0.3) is 0 Å². The van der Waals surface area contributed by atoms with E-state index in [1.54, 1.807) is 0 Å². The average molecular weight is 134 g/mol. The second kappa shape index (κ2) is 18.8. The van der Waals surface area contributed by atoms with Crippen molar-refractivity contribution >= 4 is 51.4 Å². The van der Waals surface area contributed by atoms with Crippen molar-refractivity contribution in [2.45, 2.75) is 0 Å². The van der Waals surface area contributed by atoms with Gasteiger partial charge in [-0.15, -0.1) is 0 Å². The first-order valence-corrected chi connectivity index (χ1v) is 0. The Balaban J connectivity index is 0. The zero-order valence-electron chi connectivity index (χ0n) is 5.21. The van der Waals surface area contributed by atoms with Gasteiger partial charge in [-0.25, -0.2) is 0 Å². The molecule has 4 heteroatoms. The standard InChI is InChI=1S/Al.Mg.H3Si.Ti.4H/h;;1H3;;;;;/q;+2;;;;;2*-1. The molecule has 2 radical (unpaired) electrons. The molecule has 0 saturated heterocycles. The summed E-state index contributed by atoms with van der Waals surface area (Å²) in [5.41, 5.74) is 0. The van der Waals surface area contributed by atoms with Crippen LogP contribution in [0.3, 0.4) is 0 Å². The fourth-order valence-corrected chi connectivity index (χ4v) is 0. The first-order chi connectivity index (χ1) is 0. The van der Waals surface area contributed by atoms with Crippen LogP contribution in [0.4, 0.5) is 0 Å². The van der Waals surface area contributed by atoms with Crippen LogP contribution in [0, 0.1) is 0 Å². The van der Waals surface area contributed by atoms with Crippen molar-refractivity contribution in [2.75, 3.05) is 0 Å². The molecule has 0 bridgehead atoms. The molecule has 0 spiro atoms. The summed E-state index contributed by atoms with van der Waals surface area (Å²) >= 11 is 0. The summed E-state index contributed by atoms with van der Waals surface area (Å²) in [6, 6.07) is 0. The van der Waals surface area contributed by atoms with Gasteiger partial charge in [-0.3, -0.25) is 0 Å². The van der Waals surface area contributed by atoms with Gasteiger partial charge in [-0.1, -0.05) is 0 Å². The van der Waals surface area contributed by atoms with Crippen LogP contribution in [0.25, 0.3) is 0 Å². The van der Waals surface area contributed by atoms with Crippen LogP contribution in [-0.4, -0.2) is 51.4 Å². The molecular weight excluding hydrogens is 127 g/mol. The molecule has 0 aliphatic carbocycles. The van der Waals surface area contributed by atoms with Gasteiger partial charge in [0.15, 0.2) is 0 Å². The smallest absolute Gasteiger partial charge is 1.00 e. The van der Waals surface area contributed by atoms with E-state index in [-0.39, 0.29) is 76.0 Å². The van der Waals surface area contributed by atoms with Crippen molar-refractivity contribution < 1.29 is 24.6 Å². The second-order valence-corrected chi connectivity index (χ2v) is 0. The molecule has 0 aromatic rings. The summed E-state index contributed by atoms with van der Waals surface area (Å²) in [5, 5.41) is 0. The Labute approximate surface area is 75.3 Å². The predicted octanol–water partition coefficient (Wildman–Crippen LogP) is -2.26. The molecule has 4 heavy (non-hydrogen) atoms. The summed E-state index contributed by atoms with van der Waals surface area (Å²) in [7, 11) is 0. The molecule has 0 aliphatic heterocycles. The maximum absolute atomic E-state index is 0. The van der Waals surface area contributed by atoms with Crippen molar-refractivity contribution in [1.29, 1.82) is 0 Å². The van der Waals surface area contributed by atoms with Crippen LogP contribution >= 0.6 is 0 Å². The molecule has 20 valence electrons. The van der Waals surface area contributed by atoms with Crippen LogP contribution in [-0.2, 0) is 21.7 Å². The predicted molar refractivity (Wildman–Crippen MR) is 26.5 cm³/mol. The Morgan fingerprint density at radius 3 is 1.25 bits per heavy atom. The Morgan fingerprint density at radius 2 is 1.25 bits per heavy atom. The molecule has 0 nitrogen and oxygen atoms in total. The van der Waals surface area contributed by atoms with Crippen molar-refractivity contribution in [2.24, 2.45) is 0 Å². The minimum absolute atomic E-state index is 0. The fraction of sp³-hybridized carbons (Fsp3) is 0. The van der Waals surface area contributed by atoms with Crippen molar-refractivity contribution in [3.05, 3.63) is 0 Å². The quantitative estimate of drug-likeness (QED) is 0.328. The van der Waals surface area contributed by atoms with Gasteiger partial charge in [-0.05, 0) is 11.0 Å². The monoisotopic (exact) mass is 134 g/mol. The number of hydrogen-bond donors (Lipinski definition) is 0. The topological polar surface area (TPSA) is 0 Å². The summed E-state index contributed by atoms with van der Waals surface area (Å²) < 4.78 is 0. The van der Waals surface area contributed by atoms with E-state index in [0.29, 0.717) is 0 Å². The van der Waals surface area contributed by atoms with Crippen LogP contribution in [0.2, 0.25) is 0 Å². The molecule has 0 aromatic heterocycles. The Morgan fingerprint density at radius 1 is 1.25 bits per heavy atom. The zero-order valence-corrected chi connectivity index (χ0v) is 10.2. The van der Waals surface area contributed by atoms with Crippen molar-refractivity contribution in [3.8, 4) is 0 Å². The van der Waals surface area contributed by atoms with E-state index in [1.165, 1.54) is 0 Å². The SMILES string of the molecule is [AlH2].[H-].[H-].[Mg+2].[SiH3].[Ti]. The van der Waals surface area contributed by atoms with Crippen molar-refractivity contribution in [3.63, 3.8) is 0 Å². The molecule has 0 atom stereocenters. The summed E-state index contributed by atoms with van der Waals surface area (Å²) in [4.78, 5) is 0. The molecule has 0 amide bonds. The Hall–Kier alpha value is 2.23. The van der Waals surface area contributed by atoms with E-state index in [4.69, 9.17) is 0 Å². The van der Waals surface area contributed by atoms with Crippen LogP contribution < -0.4 is 0 Å². The largest absolute Gasteiger partial charge is 2.00 e. The number of rotatable bonds is 0. The molecule has 0 heterocycles. The Bertz CT molecular complexity index is 13.5. The van der Waals surface area contributed by atoms with E-state index in [1.807, 2.05) is 0 Å². The number of hydrogen-bond acceptors (Lipinski definition) is 0. The third kappa shape index (κ3) is 8.87. The molecule has 0 aromatic carbocycles. The summed E-state index contributed by atoms with van der Waals surface area (Å²) in [5.74, 6) is 0. The molecule has 0 aliphatic rings. The minimum Gasteiger partial charge on any atom is -1.00 e. The van der Waals surface area contributed by atoms with Crippen LogP contribution in [0.1, 0.15) is 2.85 Å². The van der Waals surface area contributed by atoms with Crippen molar-refractivity contribution in [1.82, 2.24) is 0 Å². The van der Waals surface area contributed by atoms with Gasteiger partial charge in [-0.2, -0.15) is 0 Å². The molecule has 0 rings (SSSR count). The molecule has 0 saturated carbocycles. The molecule has 0 N–H and O–H groups in total. The summed E-state index contributed by atoms with van der Waals surface area (Å²) in [6.07, 6.45) is 0. The van der Waals surface area contributed by atoms with Crippen LogP contribution in [0.5, 0.6) is 0 Å². The van der Waals surface area contributed by atoms with Crippen LogP contribution in [0.15, 0.2) is 0 Å². The minimum atomic E-state index is 0. The van der Waals surface area contributed by atoms with Gasteiger partial charge < -0.3 is 2.85 Å². The maximum atomic E-state index is 0. The fourth-order valence-electron chi connectivity index (χ4n) is 0. The van der Waals surface area contributed by atoms with Gasteiger partial charge in [0.2, 0.25) is 0 Å². The third-order valence-corrected chi connectivity index (χ3v) is 0. The van der Waals surface area contributed by atoms with Gasteiger partial charge in [0.05, 0.1) is 0 Å². The second-order valence-electron chi connectivity index (χ2n) is 0. The Kier molecular flexibility index (Phi) is 161. The first-order valence-electron chi connectivity index (χ1n) is 0. The van der Waals surface area contributed by atoms with E-state index < -0.39 is 0 Å².